The Hall–Kier alpha value is -2.67. The van der Waals surface area contributed by atoms with E-state index in [9.17, 15) is 4.79 Å². The van der Waals surface area contributed by atoms with Crippen molar-refractivity contribution in [2.75, 3.05) is 6.61 Å². The average molecular weight is 344 g/mol. The summed E-state index contributed by atoms with van der Waals surface area (Å²) in [5, 5.41) is 4.11. The first-order chi connectivity index (χ1) is 11.4. The first-order valence-electron chi connectivity index (χ1n) is 7.49. The number of rotatable bonds is 5. The van der Waals surface area contributed by atoms with E-state index in [-0.39, 0.29) is 11.1 Å². The summed E-state index contributed by atoms with van der Waals surface area (Å²) < 4.78 is 7.08. The van der Waals surface area contributed by atoms with Crippen LogP contribution in [0.1, 0.15) is 34.2 Å². The van der Waals surface area contributed by atoms with E-state index in [4.69, 9.17) is 22.7 Å². The molecule has 7 heteroatoms. The minimum absolute atomic E-state index is 0.120. The Balaban J connectivity index is 2.29. The van der Waals surface area contributed by atoms with E-state index >= 15 is 0 Å². The topological polar surface area (TPSA) is 81.6 Å². The van der Waals surface area contributed by atoms with Crippen LogP contribution in [0.15, 0.2) is 35.4 Å². The van der Waals surface area contributed by atoms with Crippen LogP contribution in [0, 0.1) is 13.8 Å². The maximum Gasteiger partial charge on any atom is 0.338 e. The summed E-state index contributed by atoms with van der Waals surface area (Å²) in [6, 6.07) is 9.31. The van der Waals surface area contributed by atoms with Crippen LogP contribution < -0.4 is 11.2 Å². The van der Waals surface area contributed by atoms with Gasteiger partial charge >= 0.3 is 5.97 Å². The number of aromatic nitrogens is 1. The van der Waals surface area contributed by atoms with Gasteiger partial charge in [-0.1, -0.05) is 0 Å². The number of hydrazone groups is 1. The summed E-state index contributed by atoms with van der Waals surface area (Å²) in [4.78, 5) is 11.7. The van der Waals surface area contributed by atoms with Crippen LogP contribution in [0.25, 0.3) is 5.69 Å². The van der Waals surface area contributed by atoms with Crippen molar-refractivity contribution in [2.45, 2.75) is 20.8 Å². The Labute approximate surface area is 146 Å². The number of benzene rings is 1. The molecule has 1 aromatic heterocycles. The molecule has 1 aromatic carbocycles. The molecule has 0 saturated carbocycles. The van der Waals surface area contributed by atoms with E-state index in [0.29, 0.717) is 12.2 Å². The number of nitrogens with two attached hydrogens (primary N) is 1. The summed E-state index contributed by atoms with van der Waals surface area (Å²) in [5.41, 5.74) is 12.4. The molecule has 6 nitrogen and oxygen atoms in total. The van der Waals surface area contributed by atoms with Gasteiger partial charge in [-0.05, 0) is 63.3 Å². The quantitative estimate of drug-likeness (QED) is 0.377. The number of hydrogen-bond donors (Lipinski definition) is 2. The molecule has 0 atom stereocenters. The molecular weight excluding hydrogens is 324 g/mol. The lowest BCUT2D eigenvalue weighted by atomic mass is 10.2. The van der Waals surface area contributed by atoms with Gasteiger partial charge < -0.3 is 15.0 Å². The van der Waals surface area contributed by atoms with E-state index in [1.807, 2.05) is 32.0 Å². The Bertz CT molecular complexity index is 779. The van der Waals surface area contributed by atoms with Gasteiger partial charge in [-0.15, -0.1) is 0 Å². The Kier molecular flexibility index (Phi) is 5.70. The van der Waals surface area contributed by atoms with Crippen molar-refractivity contribution in [2.24, 2.45) is 10.8 Å². The van der Waals surface area contributed by atoms with Gasteiger partial charge in [0.15, 0.2) is 5.11 Å². The van der Waals surface area contributed by atoms with Gasteiger partial charge in [0, 0.05) is 22.6 Å². The number of nitrogens with one attached hydrogen (secondary N) is 1. The zero-order valence-electron chi connectivity index (χ0n) is 13.9. The van der Waals surface area contributed by atoms with Gasteiger partial charge in [0.25, 0.3) is 0 Å². The van der Waals surface area contributed by atoms with E-state index in [1.165, 1.54) is 0 Å². The van der Waals surface area contributed by atoms with Crippen LogP contribution in [-0.4, -0.2) is 28.5 Å². The first-order valence-corrected chi connectivity index (χ1v) is 7.90. The number of esters is 1. The Morgan fingerprint density at radius 2 is 2.04 bits per heavy atom. The lowest BCUT2D eigenvalue weighted by molar-refractivity contribution is 0.0526. The lowest BCUT2D eigenvalue weighted by Gasteiger charge is -2.10. The fourth-order valence-corrected chi connectivity index (χ4v) is 2.49. The molecule has 0 spiro atoms. The predicted molar refractivity (Wildman–Crippen MR) is 98.7 cm³/mol. The van der Waals surface area contributed by atoms with Crippen molar-refractivity contribution in [1.82, 2.24) is 9.99 Å². The van der Waals surface area contributed by atoms with Gasteiger partial charge in [-0.2, -0.15) is 5.10 Å². The summed E-state index contributed by atoms with van der Waals surface area (Å²) in [5.74, 6) is -0.318. The van der Waals surface area contributed by atoms with E-state index < -0.39 is 0 Å². The highest BCUT2D eigenvalue weighted by Crippen LogP contribution is 2.20. The number of aryl methyl sites for hydroxylation is 1. The van der Waals surface area contributed by atoms with Crippen molar-refractivity contribution in [3.8, 4) is 5.69 Å². The molecule has 1 heterocycles. The molecule has 0 radical (unpaired) electrons. The number of ether oxygens (including phenoxy) is 1. The summed E-state index contributed by atoms with van der Waals surface area (Å²) in [6.45, 7) is 6.15. The number of carbonyl (C=O) groups excluding carboxylic acids is 1. The molecule has 0 amide bonds. The zero-order chi connectivity index (χ0) is 17.7. The van der Waals surface area contributed by atoms with Gasteiger partial charge in [0.05, 0.1) is 18.4 Å². The van der Waals surface area contributed by atoms with Gasteiger partial charge in [0.1, 0.15) is 0 Å². The molecule has 3 N–H and O–H groups in total. The van der Waals surface area contributed by atoms with E-state index in [1.54, 1.807) is 25.3 Å². The van der Waals surface area contributed by atoms with Crippen LogP contribution in [-0.2, 0) is 4.74 Å². The van der Waals surface area contributed by atoms with E-state index in [2.05, 4.69) is 15.1 Å². The van der Waals surface area contributed by atoms with Crippen LogP contribution in [0.3, 0.4) is 0 Å². The highest BCUT2D eigenvalue weighted by Gasteiger charge is 2.11. The third kappa shape index (κ3) is 3.99. The molecule has 0 aliphatic carbocycles. The van der Waals surface area contributed by atoms with Crippen molar-refractivity contribution >= 4 is 29.5 Å². The van der Waals surface area contributed by atoms with Crippen molar-refractivity contribution in [3.63, 3.8) is 0 Å². The standard InChI is InChI=1S/C17H20N4O2S/c1-4-23-16(22)13-5-7-15(8-6-13)21-11(2)9-14(12(21)3)10-19-20-17(18)24/h5-10H,4H2,1-3H3,(H3,18,20,24). The molecule has 0 bridgehead atoms. The van der Waals surface area contributed by atoms with Crippen LogP contribution in [0.2, 0.25) is 0 Å². The molecule has 0 aliphatic heterocycles. The number of thiocarbonyl (C=S) groups is 1. The molecule has 2 rings (SSSR count). The monoisotopic (exact) mass is 344 g/mol. The van der Waals surface area contributed by atoms with Gasteiger partial charge in [-0.3, -0.25) is 5.43 Å². The predicted octanol–water partition coefficient (Wildman–Crippen LogP) is 2.44. The number of hydrogen-bond acceptors (Lipinski definition) is 4. The fraction of sp³-hybridized carbons (Fsp3) is 0.235. The minimum Gasteiger partial charge on any atom is -0.462 e. The van der Waals surface area contributed by atoms with Crippen LogP contribution in [0.5, 0.6) is 0 Å². The van der Waals surface area contributed by atoms with Gasteiger partial charge in [0.2, 0.25) is 0 Å². The minimum atomic E-state index is -0.318. The SMILES string of the molecule is CCOC(=O)c1ccc(-n2c(C)cc(C=NNC(N)=S)c2C)cc1. The van der Waals surface area contributed by atoms with Gasteiger partial charge in [-0.25, -0.2) is 4.79 Å². The third-order valence-corrected chi connectivity index (χ3v) is 3.58. The molecular formula is C17H20N4O2S. The van der Waals surface area contributed by atoms with Crippen molar-refractivity contribution in [3.05, 3.63) is 52.8 Å². The van der Waals surface area contributed by atoms with E-state index in [0.717, 1.165) is 22.6 Å². The summed E-state index contributed by atoms with van der Waals surface area (Å²) >= 11 is 4.71. The Morgan fingerprint density at radius 1 is 1.38 bits per heavy atom. The molecule has 0 aliphatic rings. The van der Waals surface area contributed by atoms with Crippen LogP contribution in [0.4, 0.5) is 0 Å². The number of nitrogens with zero attached hydrogens (tertiary/aromatic N) is 2. The lowest BCUT2D eigenvalue weighted by Crippen LogP contribution is -2.24. The molecule has 0 saturated heterocycles. The first kappa shape index (κ1) is 17.7. The van der Waals surface area contributed by atoms with Crippen LogP contribution >= 0.6 is 12.2 Å². The Morgan fingerprint density at radius 3 is 2.62 bits per heavy atom. The maximum absolute atomic E-state index is 11.7. The third-order valence-electron chi connectivity index (χ3n) is 3.49. The van der Waals surface area contributed by atoms with Crippen molar-refractivity contribution in [1.29, 1.82) is 0 Å². The summed E-state index contributed by atoms with van der Waals surface area (Å²) in [6.07, 6.45) is 1.67. The normalized spacial score (nSPS) is 10.8. The molecule has 0 fully saturated rings. The second-order valence-electron chi connectivity index (χ2n) is 5.16. The molecule has 2 aromatic rings. The zero-order valence-corrected chi connectivity index (χ0v) is 14.7. The molecule has 0 unspecified atom stereocenters. The fourth-order valence-electron chi connectivity index (χ4n) is 2.44. The second-order valence-corrected chi connectivity index (χ2v) is 5.60. The average Bonchev–Trinajstić information content (AvgIpc) is 2.82. The van der Waals surface area contributed by atoms with Crippen molar-refractivity contribution < 1.29 is 9.53 Å². The summed E-state index contributed by atoms with van der Waals surface area (Å²) in [7, 11) is 0. The largest absolute Gasteiger partial charge is 0.462 e. The highest BCUT2D eigenvalue weighted by molar-refractivity contribution is 7.80. The highest BCUT2D eigenvalue weighted by atomic mass is 32.1. The molecule has 126 valence electrons. The second kappa shape index (κ2) is 7.74. The maximum atomic E-state index is 11.7. The molecule has 24 heavy (non-hydrogen) atoms. The smallest absolute Gasteiger partial charge is 0.338 e. The number of carbonyl (C=O) groups is 1.